The van der Waals surface area contributed by atoms with Crippen molar-refractivity contribution in [1.29, 1.82) is 0 Å². The second kappa shape index (κ2) is 7.42. The van der Waals surface area contributed by atoms with Crippen LogP contribution in [0.15, 0.2) is 15.4 Å². The molecule has 0 unspecified atom stereocenters. The zero-order chi connectivity index (χ0) is 16.1. The smallest absolute Gasteiger partial charge is 0.244 e. The third kappa shape index (κ3) is 4.31. The van der Waals surface area contributed by atoms with Gasteiger partial charge in [0.05, 0.1) is 6.54 Å². The Morgan fingerprint density at radius 2 is 1.71 bits per heavy atom. The molecule has 0 bridgehead atoms. The van der Waals surface area contributed by atoms with Crippen LogP contribution in [0, 0.1) is 6.92 Å². The Morgan fingerprint density at radius 3 is 2.19 bits per heavy atom. The molecule has 0 fully saturated rings. The largest absolute Gasteiger partial charge is 0.464 e. The van der Waals surface area contributed by atoms with Crippen LogP contribution in [0.5, 0.6) is 0 Å². The second-order valence-corrected chi connectivity index (χ2v) is 7.01. The average Bonchev–Trinajstić information content (AvgIpc) is 2.84. The first-order valence-electron chi connectivity index (χ1n) is 7.68. The molecule has 1 heterocycles. The van der Waals surface area contributed by atoms with Crippen molar-refractivity contribution in [1.82, 2.24) is 10.0 Å². The van der Waals surface area contributed by atoms with Gasteiger partial charge in [0.2, 0.25) is 10.0 Å². The fourth-order valence-corrected chi connectivity index (χ4v) is 4.25. The Kier molecular flexibility index (Phi) is 6.43. The molecule has 1 aromatic rings. The highest BCUT2D eigenvalue weighted by atomic mass is 32.2. The van der Waals surface area contributed by atoms with E-state index in [4.69, 9.17) is 4.42 Å². The van der Waals surface area contributed by atoms with Crippen LogP contribution in [0.25, 0.3) is 0 Å². The van der Waals surface area contributed by atoms with Crippen molar-refractivity contribution in [3.8, 4) is 0 Å². The molecular formula is C15H28N2O3S. The zero-order valence-electron chi connectivity index (χ0n) is 13.7. The van der Waals surface area contributed by atoms with Gasteiger partial charge in [-0.05, 0) is 32.7 Å². The highest BCUT2D eigenvalue weighted by Gasteiger charge is 2.32. The monoisotopic (exact) mass is 316 g/mol. The molecule has 6 heteroatoms. The maximum atomic E-state index is 12.6. The van der Waals surface area contributed by atoms with Crippen molar-refractivity contribution in [3.05, 3.63) is 17.6 Å². The van der Waals surface area contributed by atoms with Crippen LogP contribution in [0.3, 0.4) is 0 Å². The summed E-state index contributed by atoms with van der Waals surface area (Å²) in [5.41, 5.74) is -0.385. The maximum Gasteiger partial charge on any atom is 0.244 e. The molecule has 1 aromatic heterocycles. The van der Waals surface area contributed by atoms with E-state index in [1.54, 1.807) is 13.0 Å². The van der Waals surface area contributed by atoms with E-state index < -0.39 is 10.0 Å². The molecule has 5 nitrogen and oxygen atoms in total. The summed E-state index contributed by atoms with van der Waals surface area (Å²) in [6.45, 7) is 11.1. The number of nitrogens with one attached hydrogen (secondary N) is 2. The van der Waals surface area contributed by atoms with E-state index in [9.17, 15) is 8.42 Å². The molecule has 122 valence electrons. The Morgan fingerprint density at radius 1 is 1.14 bits per heavy atom. The van der Waals surface area contributed by atoms with Crippen LogP contribution < -0.4 is 10.0 Å². The van der Waals surface area contributed by atoms with Crippen LogP contribution >= 0.6 is 0 Å². The van der Waals surface area contributed by atoms with E-state index in [0.717, 1.165) is 25.8 Å². The quantitative estimate of drug-likeness (QED) is 0.735. The number of hydrogen-bond acceptors (Lipinski definition) is 4. The van der Waals surface area contributed by atoms with E-state index in [0.29, 0.717) is 18.1 Å². The third-order valence-electron chi connectivity index (χ3n) is 4.14. The number of rotatable bonds is 9. The lowest BCUT2D eigenvalue weighted by Gasteiger charge is -2.31. The van der Waals surface area contributed by atoms with Crippen molar-refractivity contribution < 1.29 is 12.8 Å². The topological polar surface area (TPSA) is 71.3 Å². The lowest BCUT2D eigenvalue weighted by molar-refractivity contribution is 0.341. The van der Waals surface area contributed by atoms with Crippen molar-refractivity contribution in [3.63, 3.8) is 0 Å². The summed E-state index contributed by atoms with van der Waals surface area (Å²) in [6, 6.07) is 1.62. The van der Waals surface area contributed by atoms with Crippen molar-refractivity contribution in [2.75, 3.05) is 6.54 Å². The Hall–Kier alpha value is -0.850. The van der Waals surface area contributed by atoms with Gasteiger partial charge in [-0.15, -0.1) is 0 Å². The van der Waals surface area contributed by atoms with E-state index in [1.165, 1.54) is 0 Å². The predicted molar refractivity (Wildman–Crippen MR) is 84.8 cm³/mol. The van der Waals surface area contributed by atoms with Crippen LogP contribution in [-0.4, -0.2) is 20.5 Å². The molecule has 0 amide bonds. The first-order chi connectivity index (χ1) is 9.84. The molecule has 0 radical (unpaired) electrons. The molecular weight excluding hydrogens is 288 g/mol. The summed E-state index contributed by atoms with van der Waals surface area (Å²) in [5, 5.41) is 3.13. The minimum Gasteiger partial charge on any atom is -0.464 e. The van der Waals surface area contributed by atoms with Gasteiger partial charge in [-0.2, -0.15) is 0 Å². The SMILES string of the molecule is CCNCc1cc(S(=O)(=O)NC(CC)(CC)CC)c(C)o1. The van der Waals surface area contributed by atoms with Gasteiger partial charge in [0, 0.05) is 11.6 Å². The third-order valence-corrected chi connectivity index (χ3v) is 5.83. The fourth-order valence-electron chi connectivity index (χ4n) is 2.43. The minimum atomic E-state index is -3.56. The number of aryl methyl sites for hydroxylation is 1. The lowest BCUT2D eigenvalue weighted by Crippen LogP contribution is -2.47. The van der Waals surface area contributed by atoms with E-state index in [-0.39, 0.29) is 10.4 Å². The van der Waals surface area contributed by atoms with E-state index >= 15 is 0 Å². The molecule has 1 rings (SSSR count). The Labute approximate surface area is 128 Å². The zero-order valence-corrected chi connectivity index (χ0v) is 14.6. The molecule has 0 aromatic carbocycles. The van der Waals surface area contributed by atoms with Gasteiger partial charge in [0.1, 0.15) is 16.4 Å². The molecule has 2 N–H and O–H groups in total. The standard InChI is InChI=1S/C15H28N2O3S/c1-6-15(7-2,8-3)17-21(18,19)14-10-13(11-16-9-4)20-12(14)5/h10,16-17H,6-9,11H2,1-5H3. The van der Waals surface area contributed by atoms with Crippen LogP contribution in [-0.2, 0) is 16.6 Å². The maximum absolute atomic E-state index is 12.6. The van der Waals surface area contributed by atoms with Crippen molar-refractivity contribution >= 4 is 10.0 Å². The van der Waals surface area contributed by atoms with Crippen molar-refractivity contribution in [2.45, 2.75) is 70.9 Å². The van der Waals surface area contributed by atoms with E-state index in [2.05, 4.69) is 10.0 Å². The molecule has 0 aliphatic heterocycles. The first kappa shape index (κ1) is 18.2. The lowest BCUT2D eigenvalue weighted by atomic mass is 9.91. The van der Waals surface area contributed by atoms with Crippen LogP contribution in [0.2, 0.25) is 0 Å². The minimum absolute atomic E-state index is 0.245. The Balaban J connectivity index is 3.05. The molecule has 0 saturated heterocycles. The summed E-state index contributed by atoms with van der Waals surface area (Å²) < 4.78 is 33.7. The molecule has 0 atom stereocenters. The molecule has 0 spiro atoms. The highest BCUT2D eigenvalue weighted by molar-refractivity contribution is 7.89. The van der Waals surface area contributed by atoms with Gasteiger partial charge < -0.3 is 9.73 Å². The number of furan rings is 1. The summed E-state index contributed by atoms with van der Waals surface area (Å²) in [5.74, 6) is 1.08. The van der Waals surface area contributed by atoms with Gasteiger partial charge in [-0.25, -0.2) is 13.1 Å². The number of sulfonamides is 1. The fraction of sp³-hybridized carbons (Fsp3) is 0.733. The Bertz CT molecular complexity index is 537. The average molecular weight is 316 g/mol. The van der Waals surface area contributed by atoms with E-state index in [1.807, 2.05) is 27.7 Å². The molecule has 0 saturated carbocycles. The summed E-state index contributed by atoms with van der Waals surface area (Å²) in [4.78, 5) is 0.245. The van der Waals surface area contributed by atoms with Gasteiger partial charge in [0.25, 0.3) is 0 Å². The number of hydrogen-bond donors (Lipinski definition) is 2. The summed E-state index contributed by atoms with van der Waals surface area (Å²) in [6.07, 6.45) is 2.29. The first-order valence-corrected chi connectivity index (χ1v) is 9.16. The normalized spacial score (nSPS) is 12.8. The van der Waals surface area contributed by atoms with Crippen LogP contribution in [0.1, 0.15) is 58.5 Å². The predicted octanol–water partition coefficient (Wildman–Crippen LogP) is 2.94. The molecule has 0 aliphatic rings. The van der Waals surface area contributed by atoms with Crippen LogP contribution in [0.4, 0.5) is 0 Å². The van der Waals surface area contributed by atoms with Gasteiger partial charge in [0.15, 0.2) is 0 Å². The summed E-state index contributed by atoms with van der Waals surface area (Å²) >= 11 is 0. The second-order valence-electron chi connectivity index (χ2n) is 5.36. The molecule has 0 aliphatic carbocycles. The highest BCUT2D eigenvalue weighted by Crippen LogP contribution is 2.26. The van der Waals surface area contributed by atoms with Gasteiger partial charge in [-0.1, -0.05) is 27.7 Å². The molecule has 21 heavy (non-hydrogen) atoms. The van der Waals surface area contributed by atoms with Gasteiger partial charge in [-0.3, -0.25) is 0 Å². The van der Waals surface area contributed by atoms with Gasteiger partial charge >= 0.3 is 0 Å². The van der Waals surface area contributed by atoms with Crippen molar-refractivity contribution in [2.24, 2.45) is 0 Å². The summed E-state index contributed by atoms with van der Waals surface area (Å²) in [7, 11) is -3.56.